The van der Waals surface area contributed by atoms with Crippen molar-refractivity contribution < 1.29 is 29.3 Å². The normalized spacial score (nSPS) is 26.8. The van der Waals surface area contributed by atoms with Crippen LogP contribution in [0.15, 0.2) is 0 Å². The van der Waals surface area contributed by atoms with Crippen LogP contribution in [0.5, 0.6) is 0 Å². The van der Waals surface area contributed by atoms with E-state index in [0.717, 1.165) is 0 Å². The number of hydrogen-bond donors (Lipinski definition) is 4. The molecular formula is C12H20N2O6. The molecule has 0 bridgehead atoms. The second kappa shape index (κ2) is 6.56. The Kier molecular flexibility index (Phi) is 5.32. The van der Waals surface area contributed by atoms with Crippen molar-refractivity contribution in [2.45, 2.75) is 50.8 Å². The summed E-state index contributed by atoms with van der Waals surface area (Å²) >= 11 is 0. The second-order valence-corrected chi connectivity index (χ2v) is 5.10. The molecule has 2 unspecified atom stereocenters. The van der Waals surface area contributed by atoms with E-state index in [0.29, 0.717) is 13.0 Å². The number of carbonyl (C=O) groups excluding carboxylic acids is 1. The van der Waals surface area contributed by atoms with E-state index in [1.54, 1.807) is 0 Å². The van der Waals surface area contributed by atoms with Crippen molar-refractivity contribution in [3.63, 3.8) is 0 Å². The van der Waals surface area contributed by atoms with Gasteiger partial charge in [0.2, 0.25) is 0 Å². The molecule has 1 fully saturated rings. The minimum atomic E-state index is -1.26. The fraction of sp³-hybridized carbons (Fsp3) is 0.750. The van der Waals surface area contributed by atoms with Gasteiger partial charge in [-0.3, -0.25) is 4.79 Å². The van der Waals surface area contributed by atoms with Gasteiger partial charge >= 0.3 is 18.0 Å². The third kappa shape index (κ3) is 4.37. The fourth-order valence-electron chi connectivity index (χ4n) is 1.98. The molecule has 1 aliphatic rings. The van der Waals surface area contributed by atoms with Crippen molar-refractivity contribution in [1.82, 2.24) is 10.6 Å². The van der Waals surface area contributed by atoms with E-state index in [1.165, 1.54) is 0 Å². The van der Waals surface area contributed by atoms with Crippen LogP contribution in [0, 0.1) is 0 Å². The highest BCUT2D eigenvalue weighted by molar-refractivity contribution is 5.83. The first-order valence-corrected chi connectivity index (χ1v) is 6.39. The highest BCUT2D eigenvalue weighted by Crippen LogP contribution is 2.24. The molecule has 20 heavy (non-hydrogen) atoms. The van der Waals surface area contributed by atoms with Crippen molar-refractivity contribution >= 4 is 18.0 Å². The lowest BCUT2D eigenvalue weighted by atomic mass is 9.95. The summed E-state index contributed by atoms with van der Waals surface area (Å²) in [6.07, 6.45) is -0.0286. The maximum atomic E-state index is 11.8. The maximum Gasteiger partial charge on any atom is 0.326 e. The van der Waals surface area contributed by atoms with E-state index in [4.69, 9.17) is 14.9 Å². The Balaban J connectivity index is 2.53. The summed E-state index contributed by atoms with van der Waals surface area (Å²) in [5.74, 6) is -2.37. The Bertz CT molecular complexity index is 399. The van der Waals surface area contributed by atoms with Gasteiger partial charge in [-0.1, -0.05) is 0 Å². The fourth-order valence-corrected chi connectivity index (χ4v) is 1.98. The quantitative estimate of drug-likeness (QED) is 0.552. The van der Waals surface area contributed by atoms with Crippen LogP contribution in [0.1, 0.15) is 33.1 Å². The highest BCUT2D eigenvalue weighted by atomic mass is 16.5. The van der Waals surface area contributed by atoms with Gasteiger partial charge in [0.1, 0.15) is 6.04 Å². The first-order valence-electron chi connectivity index (χ1n) is 6.39. The first kappa shape index (κ1) is 16.2. The second-order valence-electron chi connectivity index (χ2n) is 5.10. The smallest absolute Gasteiger partial charge is 0.326 e. The van der Waals surface area contributed by atoms with Gasteiger partial charge in [0.15, 0.2) is 0 Å². The molecule has 0 aliphatic carbocycles. The van der Waals surface area contributed by atoms with Crippen LogP contribution in [0.4, 0.5) is 4.79 Å². The van der Waals surface area contributed by atoms with Crippen LogP contribution >= 0.6 is 0 Å². The lowest BCUT2D eigenvalue weighted by molar-refractivity contribution is -0.140. The van der Waals surface area contributed by atoms with Crippen molar-refractivity contribution in [3.05, 3.63) is 0 Å². The predicted octanol–water partition coefficient (Wildman–Crippen LogP) is 0.171. The average molecular weight is 288 g/mol. The van der Waals surface area contributed by atoms with Crippen molar-refractivity contribution in [2.24, 2.45) is 0 Å². The van der Waals surface area contributed by atoms with E-state index >= 15 is 0 Å². The number of carboxylic acid groups (broad SMARTS) is 2. The molecule has 4 N–H and O–H groups in total. The van der Waals surface area contributed by atoms with E-state index < -0.39 is 29.6 Å². The largest absolute Gasteiger partial charge is 0.481 e. The van der Waals surface area contributed by atoms with Gasteiger partial charge in [0.25, 0.3) is 0 Å². The zero-order valence-corrected chi connectivity index (χ0v) is 11.5. The maximum absolute atomic E-state index is 11.8. The molecule has 0 aromatic carbocycles. The summed E-state index contributed by atoms with van der Waals surface area (Å²) in [6.45, 7) is 4.17. The van der Waals surface area contributed by atoms with Crippen LogP contribution in [0.2, 0.25) is 0 Å². The summed E-state index contributed by atoms with van der Waals surface area (Å²) < 4.78 is 5.36. The molecule has 3 atom stereocenters. The zero-order valence-electron chi connectivity index (χ0n) is 11.5. The number of carbonyl (C=O) groups is 3. The minimum absolute atomic E-state index is 0.166. The number of nitrogens with one attached hydrogen (secondary N) is 2. The van der Waals surface area contributed by atoms with Gasteiger partial charge in [-0.05, 0) is 26.7 Å². The average Bonchev–Trinajstić information content (AvgIpc) is 2.64. The molecule has 0 radical (unpaired) electrons. The number of rotatable bonds is 6. The molecule has 1 saturated heterocycles. The topological polar surface area (TPSA) is 125 Å². The molecule has 1 rings (SSSR count). The number of hydrogen-bond acceptors (Lipinski definition) is 4. The molecule has 0 saturated carbocycles. The molecule has 0 spiro atoms. The van der Waals surface area contributed by atoms with Gasteiger partial charge in [-0.2, -0.15) is 0 Å². The van der Waals surface area contributed by atoms with E-state index in [-0.39, 0.29) is 18.9 Å². The molecular weight excluding hydrogens is 268 g/mol. The Hall–Kier alpha value is -1.83. The van der Waals surface area contributed by atoms with Crippen LogP contribution in [-0.4, -0.2) is 52.5 Å². The molecule has 1 heterocycles. The lowest BCUT2D eigenvalue weighted by Gasteiger charge is -2.29. The first-order chi connectivity index (χ1) is 9.24. The summed E-state index contributed by atoms with van der Waals surface area (Å²) in [7, 11) is 0. The molecule has 0 aromatic heterocycles. The third-order valence-electron chi connectivity index (χ3n) is 3.54. The van der Waals surface area contributed by atoms with E-state index in [2.05, 4.69) is 10.6 Å². The monoisotopic (exact) mass is 288 g/mol. The van der Waals surface area contributed by atoms with E-state index in [1.807, 2.05) is 13.8 Å². The standard InChI is InChI=1S/C12H20N2O6/c1-7-12(2,5-6-20-7)14-11(19)13-8(10(17)18)3-4-9(15)16/h7-8H,3-6H2,1-2H3,(H,15,16)(H,17,18)(H2,13,14,19)/t7?,8-,12?/m0/s1. The Morgan fingerprint density at radius 1 is 1.40 bits per heavy atom. The molecule has 8 heteroatoms. The molecule has 2 amide bonds. The number of carboxylic acids is 2. The van der Waals surface area contributed by atoms with Crippen LogP contribution in [0.25, 0.3) is 0 Å². The van der Waals surface area contributed by atoms with Crippen molar-refractivity contribution in [2.75, 3.05) is 6.61 Å². The molecule has 1 aliphatic heterocycles. The zero-order chi connectivity index (χ0) is 15.3. The van der Waals surface area contributed by atoms with Gasteiger partial charge in [-0.25, -0.2) is 9.59 Å². The number of urea groups is 1. The molecule has 8 nitrogen and oxygen atoms in total. The summed E-state index contributed by atoms with van der Waals surface area (Å²) in [5.41, 5.74) is -0.556. The predicted molar refractivity (Wildman–Crippen MR) is 68.4 cm³/mol. The van der Waals surface area contributed by atoms with Gasteiger partial charge < -0.3 is 25.6 Å². The van der Waals surface area contributed by atoms with E-state index in [9.17, 15) is 14.4 Å². The minimum Gasteiger partial charge on any atom is -0.481 e. The van der Waals surface area contributed by atoms with Crippen LogP contribution in [0.3, 0.4) is 0 Å². The Labute approximate surface area is 116 Å². The van der Waals surface area contributed by atoms with Crippen LogP contribution < -0.4 is 10.6 Å². The lowest BCUT2D eigenvalue weighted by Crippen LogP contribution is -2.56. The molecule has 114 valence electrons. The summed E-state index contributed by atoms with van der Waals surface area (Å²) in [5, 5.41) is 22.5. The van der Waals surface area contributed by atoms with Crippen molar-refractivity contribution in [1.29, 1.82) is 0 Å². The van der Waals surface area contributed by atoms with Gasteiger partial charge in [0.05, 0.1) is 11.6 Å². The summed E-state index contributed by atoms with van der Waals surface area (Å²) in [4.78, 5) is 33.2. The van der Waals surface area contributed by atoms with Crippen LogP contribution in [-0.2, 0) is 14.3 Å². The third-order valence-corrected chi connectivity index (χ3v) is 3.54. The van der Waals surface area contributed by atoms with Gasteiger partial charge in [-0.15, -0.1) is 0 Å². The number of ether oxygens (including phenoxy) is 1. The highest BCUT2D eigenvalue weighted by Gasteiger charge is 2.38. The number of amides is 2. The SMILES string of the molecule is CC1OCCC1(C)NC(=O)N[C@@H](CCC(=O)O)C(=O)O. The van der Waals surface area contributed by atoms with Crippen molar-refractivity contribution in [3.8, 4) is 0 Å². The molecule has 0 aromatic rings. The summed E-state index contributed by atoms with van der Waals surface area (Å²) in [6, 6.07) is -1.87. The Morgan fingerprint density at radius 2 is 2.05 bits per heavy atom. The van der Waals surface area contributed by atoms with Gasteiger partial charge in [0, 0.05) is 13.0 Å². The number of aliphatic carboxylic acids is 2. The Morgan fingerprint density at radius 3 is 2.50 bits per heavy atom.